The van der Waals surface area contributed by atoms with Gasteiger partial charge >= 0.3 is 7.60 Å². The quantitative estimate of drug-likeness (QED) is 0.279. The van der Waals surface area contributed by atoms with Crippen LogP contribution in [0.1, 0.15) is 35.3 Å². The number of non-ortho nitro benzene ring substituents is 1. The number of hydrogen-bond acceptors (Lipinski definition) is 7. The van der Waals surface area contributed by atoms with Gasteiger partial charge in [0.1, 0.15) is 6.04 Å². The predicted octanol–water partition coefficient (Wildman–Crippen LogP) is 3.19. The largest absolute Gasteiger partial charge is 0.368 e. The van der Waals surface area contributed by atoms with E-state index < -0.39 is 30.4 Å². The average molecular weight is 463 g/mol. The summed E-state index contributed by atoms with van der Waals surface area (Å²) in [4.78, 5) is 34.6. The summed E-state index contributed by atoms with van der Waals surface area (Å²) in [5.74, 6) is -1.25. The van der Waals surface area contributed by atoms with Gasteiger partial charge in [0.05, 0.1) is 24.3 Å². The summed E-state index contributed by atoms with van der Waals surface area (Å²) in [6.07, 6.45) is 0.156. The Labute approximate surface area is 185 Å². The summed E-state index contributed by atoms with van der Waals surface area (Å²) in [5, 5.41) is 13.3. The summed E-state index contributed by atoms with van der Waals surface area (Å²) < 4.78 is 23.2. The Balaban J connectivity index is 2.06. The first-order chi connectivity index (χ1) is 15.2. The summed E-state index contributed by atoms with van der Waals surface area (Å²) in [6, 6.07) is 11.0. The van der Waals surface area contributed by atoms with Crippen LogP contribution in [-0.2, 0) is 31.0 Å². The van der Waals surface area contributed by atoms with Crippen LogP contribution in [0.2, 0.25) is 0 Å². The number of primary amides is 1. The van der Waals surface area contributed by atoms with E-state index in [0.29, 0.717) is 11.1 Å². The van der Waals surface area contributed by atoms with Gasteiger partial charge in [0.25, 0.3) is 11.6 Å². The maximum absolute atomic E-state index is 12.6. The Morgan fingerprint density at radius 2 is 1.56 bits per heavy atom. The summed E-state index contributed by atoms with van der Waals surface area (Å²) in [7, 11) is -3.27. The van der Waals surface area contributed by atoms with Crippen molar-refractivity contribution in [1.82, 2.24) is 5.32 Å². The lowest BCUT2D eigenvalue weighted by atomic mass is 10.0. The second kappa shape index (κ2) is 11.5. The zero-order valence-electron chi connectivity index (χ0n) is 17.9. The molecule has 11 heteroatoms. The Morgan fingerprint density at radius 3 is 2.03 bits per heavy atom. The van der Waals surface area contributed by atoms with E-state index in [9.17, 15) is 24.3 Å². The fourth-order valence-electron chi connectivity index (χ4n) is 2.96. The van der Waals surface area contributed by atoms with Gasteiger partial charge in [-0.2, -0.15) is 0 Å². The van der Waals surface area contributed by atoms with Crippen molar-refractivity contribution in [1.29, 1.82) is 0 Å². The first-order valence-electron chi connectivity index (χ1n) is 9.98. The first kappa shape index (κ1) is 25.2. The third kappa shape index (κ3) is 7.26. The summed E-state index contributed by atoms with van der Waals surface area (Å²) >= 11 is 0. The van der Waals surface area contributed by atoms with Crippen molar-refractivity contribution < 1.29 is 28.1 Å². The van der Waals surface area contributed by atoms with Gasteiger partial charge in [0.2, 0.25) is 5.91 Å². The number of nitrogens with two attached hydrogens (primary N) is 1. The van der Waals surface area contributed by atoms with Crippen LogP contribution >= 0.6 is 7.60 Å². The van der Waals surface area contributed by atoms with Gasteiger partial charge in [-0.1, -0.05) is 24.3 Å². The summed E-state index contributed by atoms with van der Waals surface area (Å²) in [6.45, 7) is 3.96. The molecule has 0 aliphatic heterocycles. The highest BCUT2D eigenvalue weighted by atomic mass is 31.2. The number of nitro benzene ring substituents is 1. The van der Waals surface area contributed by atoms with Crippen LogP contribution in [0.25, 0.3) is 0 Å². The molecule has 0 aromatic heterocycles. The molecule has 0 heterocycles. The Bertz CT molecular complexity index is 983. The van der Waals surface area contributed by atoms with E-state index in [1.165, 1.54) is 36.4 Å². The summed E-state index contributed by atoms with van der Waals surface area (Å²) in [5.41, 5.74) is 6.90. The number of hydrogen-bond donors (Lipinski definition) is 2. The van der Waals surface area contributed by atoms with Crippen molar-refractivity contribution in [2.24, 2.45) is 5.73 Å². The van der Waals surface area contributed by atoms with Crippen LogP contribution in [-0.4, -0.2) is 36.0 Å². The van der Waals surface area contributed by atoms with E-state index >= 15 is 0 Å². The molecule has 10 nitrogen and oxygen atoms in total. The van der Waals surface area contributed by atoms with E-state index in [-0.39, 0.29) is 37.0 Å². The maximum atomic E-state index is 12.6. The highest BCUT2D eigenvalue weighted by Crippen LogP contribution is 2.51. The lowest BCUT2D eigenvalue weighted by Crippen LogP contribution is -2.45. The number of rotatable bonds is 12. The zero-order valence-corrected chi connectivity index (χ0v) is 18.7. The third-order valence-corrected chi connectivity index (χ3v) is 6.54. The fourth-order valence-corrected chi connectivity index (χ4v) is 4.66. The molecule has 172 valence electrons. The molecule has 2 aromatic rings. The minimum atomic E-state index is -3.27. The minimum absolute atomic E-state index is 0.0701. The highest BCUT2D eigenvalue weighted by molar-refractivity contribution is 7.53. The second-order valence-corrected chi connectivity index (χ2v) is 8.91. The van der Waals surface area contributed by atoms with Gasteiger partial charge in [-0.25, -0.2) is 0 Å². The molecule has 1 atom stereocenters. The minimum Gasteiger partial charge on any atom is -0.368 e. The van der Waals surface area contributed by atoms with Gasteiger partial charge in [-0.15, -0.1) is 0 Å². The molecule has 0 radical (unpaired) electrons. The second-order valence-electron chi connectivity index (χ2n) is 6.86. The van der Waals surface area contributed by atoms with Gasteiger partial charge in [0.15, 0.2) is 0 Å². The molecule has 0 spiro atoms. The molecular weight excluding hydrogens is 437 g/mol. The van der Waals surface area contributed by atoms with Gasteiger partial charge in [-0.05, 0) is 37.1 Å². The predicted molar refractivity (Wildman–Crippen MR) is 118 cm³/mol. The molecule has 2 rings (SSSR count). The van der Waals surface area contributed by atoms with Crippen LogP contribution in [0.3, 0.4) is 0 Å². The number of carbonyl (C=O) groups is 2. The average Bonchev–Trinajstić information content (AvgIpc) is 2.74. The van der Waals surface area contributed by atoms with E-state index in [1.807, 2.05) is 0 Å². The van der Waals surface area contributed by atoms with Crippen LogP contribution in [0.4, 0.5) is 5.69 Å². The molecule has 0 bridgehead atoms. The Morgan fingerprint density at radius 1 is 1.03 bits per heavy atom. The van der Waals surface area contributed by atoms with Crippen molar-refractivity contribution in [2.75, 3.05) is 13.2 Å². The topological polar surface area (TPSA) is 151 Å². The smallest absolute Gasteiger partial charge is 0.335 e. The fraction of sp³-hybridized carbons (Fsp3) is 0.333. The molecule has 32 heavy (non-hydrogen) atoms. The number of carbonyl (C=O) groups excluding carboxylic acids is 2. The van der Waals surface area contributed by atoms with Crippen molar-refractivity contribution in [3.8, 4) is 0 Å². The SMILES string of the molecule is CCOP(=O)(Cc1ccc(C(=O)N[C@@H](Cc2ccc([N+](=O)[O-])cc2)C(N)=O)cc1)OCC. The molecular formula is C21H26N3O7P. The molecule has 2 amide bonds. The molecule has 0 saturated heterocycles. The molecule has 3 N–H and O–H groups in total. The number of amides is 2. The van der Waals surface area contributed by atoms with Crippen LogP contribution in [0.15, 0.2) is 48.5 Å². The Hall–Kier alpha value is -3.07. The van der Waals surface area contributed by atoms with Crippen LogP contribution < -0.4 is 11.1 Å². The van der Waals surface area contributed by atoms with Gasteiger partial charge in [0, 0.05) is 24.1 Å². The van der Waals surface area contributed by atoms with E-state index in [1.54, 1.807) is 26.0 Å². The normalized spacial score (nSPS) is 12.2. The maximum Gasteiger partial charge on any atom is 0.335 e. The first-order valence-corrected chi connectivity index (χ1v) is 11.7. The monoisotopic (exact) mass is 463 g/mol. The standard InChI is InChI=1S/C21H26N3O7P/c1-3-30-32(29,31-4-2)14-16-5-9-17(10-6-16)21(26)23-19(20(22)25)13-15-7-11-18(12-8-15)24(27)28/h5-12,19H,3-4,13-14H2,1-2H3,(H2,22,25)(H,23,26)/t19-/m0/s1. The van der Waals surface area contributed by atoms with Gasteiger partial charge in [-0.3, -0.25) is 24.3 Å². The number of nitro groups is 1. The molecule has 0 aliphatic rings. The van der Waals surface area contributed by atoms with E-state index in [0.717, 1.165) is 0 Å². The Kier molecular flexibility index (Phi) is 9.07. The lowest BCUT2D eigenvalue weighted by molar-refractivity contribution is -0.384. The van der Waals surface area contributed by atoms with Crippen molar-refractivity contribution in [3.63, 3.8) is 0 Å². The van der Waals surface area contributed by atoms with Crippen molar-refractivity contribution >= 4 is 25.1 Å². The molecule has 2 aromatic carbocycles. The van der Waals surface area contributed by atoms with E-state index in [4.69, 9.17) is 14.8 Å². The lowest BCUT2D eigenvalue weighted by Gasteiger charge is -2.17. The molecule has 0 fully saturated rings. The number of benzene rings is 2. The van der Waals surface area contributed by atoms with Crippen LogP contribution in [0, 0.1) is 10.1 Å². The van der Waals surface area contributed by atoms with Gasteiger partial charge < -0.3 is 20.1 Å². The van der Waals surface area contributed by atoms with Crippen molar-refractivity contribution in [2.45, 2.75) is 32.5 Å². The number of nitrogens with one attached hydrogen (secondary N) is 1. The molecule has 0 saturated carbocycles. The van der Waals surface area contributed by atoms with Crippen molar-refractivity contribution in [3.05, 3.63) is 75.3 Å². The van der Waals surface area contributed by atoms with E-state index in [2.05, 4.69) is 5.32 Å². The van der Waals surface area contributed by atoms with Crippen LogP contribution in [0.5, 0.6) is 0 Å². The molecule has 0 unspecified atom stereocenters. The highest BCUT2D eigenvalue weighted by Gasteiger charge is 2.24. The molecule has 0 aliphatic carbocycles. The number of nitrogens with zero attached hydrogens (tertiary/aromatic N) is 1. The third-order valence-electron chi connectivity index (χ3n) is 4.48. The zero-order chi connectivity index (χ0) is 23.7.